The number of rotatable bonds is 14. The van der Waals surface area contributed by atoms with Gasteiger partial charge in [-0.2, -0.15) is 4.91 Å². The molecule has 200 valence electrons. The average molecular weight is 525 g/mol. The van der Waals surface area contributed by atoms with Gasteiger partial charge >= 0.3 is 0 Å². The minimum absolute atomic E-state index is 0.000217. The fourth-order valence-electron chi connectivity index (χ4n) is 4.60. The molecule has 17 heteroatoms. The van der Waals surface area contributed by atoms with Crippen molar-refractivity contribution in [1.82, 2.24) is 14.4 Å². The maximum Gasteiger partial charge on any atom is 0.287 e. The minimum Gasteiger partial charge on any atom is -0.489 e. The van der Waals surface area contributed by atoms with E-state index in [9.17, 15) is 9.70 Å². The van der Waals surface area contributed by atoms with Crippen molar-refractivity contribution in [2.45, 2.75) is 44.7 Å². The van der Waals surface area contributed by atoms with Crippen LogP contribution in [0.3, 0.4) is 0 Å². The van der Waals surface area contributed by atoms with E-state index in [0.29, 0.717) is 23.9 Å². The standard InChI is InChI=1S/C21H28N14O3/c22-31-26-9-15(10-27-32-23)17(12-29-37)35(25)21(36)19-16(11-28-33-24)30-20-18(7-4-8-34(19)20)38-13-14-5-2-1-3-6-14/h4,7-8,14-15,17H,1-3,5-6,9-13,25H2/t17-/m1/s1. The SMILES string of the molecule is [N-]=[N+]=NCc1nc2c(OCC3CCCCC3)cccn2c1C(=O)N(N)[C@H](CN=O)C(CN=[N+]=[N-])CN=[N+]=[N-]. The van der Waals surface area contributed by atoms with Gasteiger partial charge in [-0.1, -0.05) is 39.8 Å². The van der Waals surface area contributed by atoms with Crippen molar-refractivity contribution in [2.24, 2.45) is 38.2 Å². The second-order valence-electron chi connectivity index (χ2n) is 8.86. The van der Waals surface area contributed by atoms with Crippen LogP contribution in [0.4, 0.5) is 0 Å². The largest absolute Gasteiger partial charge is 0.489 e. The fraction of sp³-hybridized carbons (Fsp3) is 0.619. The van der Waals surface area contributed by atoms with E-state index in [1.165, 1.54) is 23.7 Å². The van der Waals surface area contributed by atoms with Crippen molar-refractivity contribution in [3.8, 4) is 5.75 Å². The van der Waals surface area contributed by atoms with Crippen molar-refractivity contribution < 1.29 is 9.53 Å². The molecule has 1 fully saturated rings. The topological polar surface area (TPSA) is 249 Å². The predicted molar refractivity (Wildman–Crippen MR) is 136 cm³/mol. The molecule has 2 heterocycles. The molecule has 38 heavy (non-hydrogen) atoms. The monoisotopic (exact) mass is 524 g/mol. The molecule has 2 aromatic rings. The molecule has 1 amide bonds. The average Bonchev–Trinajstić information content (AvgIpc) is 3.32. The van der Waals surface area contributed by atoms with Crippen molar-refractivity contribution in [3.63, 3.8) is 0 Å². The third-order valence-corrected chi connectivity index (χ3v) is 6.53. The number of nitrogens with two attached hydrogens (primary N) is 1. The van der Waals surface area contributed by atoms with Crippen LogP contribution in [0.1, 0.15) is 48.3 Å². The number of hydrazine groups is 1. The smallest absolute Gasteiger partial charge is 0.287 e. The molecule has 2 N–H and O–H groups in total. The number of ether oxygens (including phenoxy) is 1. The summed E-state index contributed by atoms with van der Waals surface area (Å²) in [5.74, 6) is 5.55. The van der Waals surface area contributed by atoms with Gasteiger partial charge in [0.05, 0.1) is 24.9 Å². The Hall–Kier alpha value is -4.55. The number of hydrogen-bond acceptors (Lipinski definition) is 9. The summed E-state index contributed by atoms with van der Waals surface area (Å²) in [6, 6.07) is 2.36. The summed E-state index contributed by atoms with van der Waals surface area (Å²) in [6.07, 6.45) is 7.33. The highest BCUT2D eigenvalue weighted by Gasteiger charge is 2.33. The van der Waals surface area contributed by atoms with Crippen LogP contribution in [0.25, 0.3) is 37.0 Å². The van der Waals surface area contributed by atoms with E-state index < -0.39 is 24.4 Å². The summed E-state index contributed by atoms with van der Waals surface area (Å²) >= 11 is 0. The van der Waals surface area contributed by atoms with Crippen LogP contribution >= 0.6 is 0 Å². The molecule has 1 aliphatic rings. The van der Waals surface area contributed by atoms with Crippen LogP contribution in [-0.4, -0.2) is 52.6 Å². The van der Waals surface area contributed by atoms with Crippen LogP contribution in [0.2, 0.25) is 0 Å². The highest BCUT2D eigenvalue weighted by molar-refractivity contribution is 5.95. The number of nitroso groups, excluding NO2 is 1. The molecule has 0 spiro atoms. The molecule has 1 saturated carbocycles. The van der Waals surface area contributed by atoms with E-state index in [2.05, 4.69) is 40.2 Å². The van der Waals surface area contributed by atoms with Gasteiger partial charge in [0.1, 0.15) is 12.2 Å². The first-order chi connectivity index (χ1) is 18.5. The second kappa shape index (κ2) is 14.3. The van der Waals surface area contributed by atoms with Gasteiger partial charge in [-0.05, 0) is 53.4 Å². The third kappa shape index (κ3) is 6.81. The molecule has 0 saturated heterocycles. The highest BCUT2D eigenvalue weighted by Crippen LogP contribution is 2.28. The number of azide groups is 3. The summed E-state index contributed by atoms with van der Waals surface area (Å²) in [7, 11) is 0. The first-order valence-electron chi connectivity index (χ1n) is 12.1. The normalized spacial score (nSPS) is 14.9. The lowest BCUT2D eigenvalue weighted by Crippen LogP contribution is -2.52. The molecule has 0 unspecified atom stereocenters. The lowest BCUT2D eigenvalue weighted by Gasteiger charge is -2.31. The number of carbonyl (C=O) groups excluding carboxylic acids is 1. The summed E-state index contributed by atoms with van der Waals surface area (Å²) < 4.78 is 7.58. The molecule has 1 atom stereocenters. The number of aromatic nitrogens is 2. The molecule has 2 aromatic heterocycles. The van der Waals surface area contributed by atoms with Crippen LogP contribution < -0.4 is 10.6 Å². The Morgan fingerprint density at radius 2 is 1.82 bits per heavy atom. The Morgan fingerprint density at radius 1 is 1.13 bits per heavy atom. The first kappa shape index (κ1) is 28.0. The lowest BCUT2D eigenvalue weighted by atomic mass is 9.90. The van der Waals surface area contributed by atoms with Crippen molar-refractivity contribution in [3.05, 3.63) is 66.0 Å². The number of imidazole rings is 1. The molecule has 17 nitrogen and oxygen atoms in total. The number of amides is 1. The predicted octanol–water partition coefficient (Wildman–Crippen LogP) is 4.79. The Labute approximate surface area is 216 Å². The maximum absolute atomic E-state index is 13.7. The molecule has 0 bridgehead atoms. The molecule has 3 rings (SSSR count). The van der Waals surface area contributed by atoms with Gasteiger partial charge in [0.15, 0.2) is 11.4 Å². The fourth-order valence-corrected chi connectivity index (χ4v) is 4.60. The molecule has 0 radical (unpaired) electrons. The minimum atomic E-state index is -1.07. The van der Waals surface area contributed by atoms with E-state index >= 15 is 0 Å². The third-order valence-electron chi connectivity index (χ3n) is 6.53. The Bertz CT molecular complexity index is 1250. The van der Waals surface area contributed by atoms with Crippen LogP contribution in [0, 0.1) is 16.7 Å². The Balaban J connectivity index is 1.99. The van der Waals surface area contributed by atoms with Crippen LogP contribution in [-0.2, 0) is 6.54 Å². The van der Waals surface area contributed by atoms with Crippen molar-refractivity contribution in [2.75, 3.05) is 26.2 Å². The van der Waals surface area contributed by atoms with Crippen molar-refractivity contribution in [1.29, 1.82) is 0 Å². The number of pyridine rings is 1. The number of fused-ring (bicyclic) bond motifs is 1. The number of nitrogens with zero attached hydrogens (tertiary/aromatic N) is 13. The first-order valence-corrected chi connectivity index (χ1v) is 12.1. The van der Waals surface area contributed by atoms with E-state index in [4.69, 9.17) is 27.2 Å². The molecule has 1 aliphatic carbocycles. The van der Waals surface area contributed by atoms with Gasteiger partial charge in [-0.3, -0.25) is 14.2 Å². The van der Waals surface area contributed by atoms with Gasteiger partial charge in [0.2, 0.25) is 0 Å². The summed E-state index contributed by atoms with van der Waals surface area (Å²) in [5, 5.41) is 14.2. The Kier molecular flexibility index (Phi) is 10.5. The van der Waals surface area contributed by atoms with Gasteiger partial charge in [0, 0.05) is 34.0 Å². The molecule has 0 aromatic carbocycles. The van der Waals surface area contributed by atoms with Crippen LogP contribution in [0.15, 0.2) is 38.8 Å². The molecular formula is C21H28N14O3. The summed E-state index contributed by atoms with van der Waals surface area (Å²) in [5.41, 5.74) is 26.8. The lowest BCUT2D eigenvalue weighted by molar-refractivity contribution is 0.0615. The zero-order valence-corrected chi connectivity index (χ0v) is 20.7. The number of carbonyl (C=O) groups is 1. The van der Waals surface area contributed by atoms with E-state index in [-0.39, 0.29) is 31.0 Å². The molecular weight excluding hydrogens is 496 g/mol. The zero-order chi connectivity index (χ0) is 27.3. The van der Waals surface area contributed by atoms with Crippen molar-refractivity contribution >= 4 is 11.6 Å². The van der Waals surface area contributed by atoms with E-state index in [1.54, 1.807) is 18.3 Å². The van der Waals surface area contributed by atoms with E-state index in [0.717, 1.165) is 17.9 Å². The maximum atomic E-state index is 13.7. The van der Waals surface area contributed by atoms with Crippen LogP contribution in [0.5, 0.6) is 5.75 Å². The van der Waals surface area contributed by atoms with Gasteiger partial charge in [-0.25, -0.2) is 10.8 Å². The zero-order valence-electron chi connectivity index (χ0n) is 20.7. The Morgan fingerprint density at radius 3 is 2.45 bits per heavy atom. The molecule has 0 aliphatic heterocycles. The van der Waals surface area contributed by atoms with Gasteiger partial charge in [-0.15, -0.1) is 0 Å². The van der Waals surface area contributed by atoms with E-state index in [1.807, 2.05) is 0 Å². The summed E-state index contributed by atoms with van der Waals surface area (Å²) in [6.45, 7) is -0.582. The van der Waals surface area contributed by atoms with Gasteiger partial charge in [0.25, 0.3) is 5.91 Å². The second-order valence-corrected chi connectivity index (χ2v) is 8.86. The van der Waals surface area contributed by atoms with Gasteiger partial charge < -0.3 is 4.74 Å². The highest BCUT2D eigenvalue weighted by atomic mass is 16.5. The number of hydrogen-bond donors (Lipinski definition) is 1. The quantitative estimate of drug-likeness (QED) is 0.0693. The summed E-state index contributed by atoms with van der Waals surface area (Å²) in [4.78, 5) is 37.6.